The number of hydrogen-bond donors (Lipinski definition) is 0. The molecule has 0 aromatic carbocycles. The third-order valence-corrected chi connectivity index (χ3v) is 5.05. The van der Waals surface area contributed by atoms with Gasteiger partial charge in [0.05, 0.1) is 13.2 Å². The van der Waals surface area contributed by atoms with E-state index in [1.165, 1.54) is 19.3 Å². The molecular weight excluding hydrogens is 318 g/mol. The standard InChI is InChI=1S/C17H25N7O/c1-13-4-3-5-14(2)24(13)17-20-15(22-8-10-25-11-9-22)19-16(21-17)23-7-6-18-12-23/h6-7,12-14H,3-5,8-11H2,1-2H3. The van der Waals surface area contributed by atoms with E-state index in [-0.39, 0.29) is 0 Å². The van der Waals surface area contributed by atoms with Gasteiger partial charge in [-0.3, -0.25) is 4.57 Å². The van der Waals surface area contributed by atoms with E-state index in [1.807, 2.05) is 10.8 Å². The second-order valence-corrected chi connectivity index (χ2v) is 6.84. The molecule has 4 rings (SSSR count). The van der Waals surface area contributed by atoms with E-state index >= 15 is 0 Å². The molecule has 0 N–H and O–H groups in total. The number of anilines is 2. The van der Waals surface area contributed by atoms with Crippen molar-refractivity contribution >= 4 is 11.9 Å². The Morgan fingerprint density at radius 3 is 2.32 bits per heavy atom. The zero-order valence-electron chi connectivity index (χ0n) is 14.9. The number of ether oxygens (including phenoxy) is 1. The Kier molecular flexibility index (Phi) is 4.52. The molecule has 0 aliphatic carbocycles. The summed E-state index contributed by atoms with van der Waals surface area (Å²) in [7, 11) is 0. The summed E-state index contributed by atoms with van der Waals surface area (Å²) in [5, 5.41) is 0. The molecule has 2 aromatic rings. The van der Waals surface area contributed by atoms with E-state index in [1.54, 1.807) is 12.5 Å². The van der Waals surface area contributed by atoms with Crippen LogP contribution in [0.15, 0.2) is 18.7 Å². The molecule has 2 atom stereocenters. The van der Waals surface area contributed by atoms with Gasteiger partial charge in [-0.1, -0.05) is 0 Å². The molecule has 0 radical (unpaired) electrons. The summed E-state index contributed by atoms with van der Waals surface area (Å²) in [5.41, 5.74) is 0. The minimum absolute atomic E-state index is 0.430. The number of hydrogen-bond acceptors (Lipinski definition) is 7. The van der Waals surface area contributed by atoms with Crippen LogP contribution in [0.2, 0.25) is 0 Å². The highest BCUT2D eigenvalue weighted by Crippen LogP contribution is 2.28. The molecule has 4 heterocycles. The van der Waals surface area contributed by atoms with Crippen LogP contribution < -0.4 is 9.80 Å². The second-order valence-electron chi connectivity index (χ2n) is 6.84. The topological polar surface area (TPSA) is 72.2 Å². The Labute approximate surface area is 147 Å². The fourth-order valence-corrected chi connectivity index (χ4v) is 3.67. The number of aromatic nitrogens is 5. The van der Waals surface area contributed by atoms with Crippen molar-refractivity contribution in [2.24, 2.45) is 0 Å². The van der Waals surface area contributed by atoms with Crippen molar-refractivity contribution in [1.29, 1.82) is 0 Å². The first kappa shape index (κ1) is 16.3. The summed E-state index contributed by atoms with van der Waals surface area (Å²) in [5.74, 6) is 2.11. The number of imidazole rings is 1. The molecule has 0 saturated carbocycles. The van der Waals surface area contributed by atoms with Crippen LogP contribution in [0.1, 0.15) is 33.1 Å². The van der Waals surface area contributed by atoms with Gasteiger partial charge in [0.1, 0.15) is 6.33 Å². The summed E-state index contributed by atoms with van der Waals surface area (Å²) in [6.07, 6.45) is 8.93. The average Bonchev–Trinajstić information content (AvgIpc) is 3.17. The van der Waals surface area contributed by atoms with Crippen LogP contribution in [0.25, 0.3) is 5.95 Å². The first-order chi connectivity index (χ1) is 12.2. The quantitative estimate of drug-likeness (QED) is 0.839. The van der Waals surface area contributed by atoms with Crippen molar-refractivity contribution in [3.05, 3.63) is 18.7 Å². The van der Waals surface area contributed by atoms with E-state index in [4.69, 9.17) is 14.7 Å². The number of morpholine rings is 1. The smallest absolute Gasteiger partial charge is 0.241 e. The maximum Gasteiger partial charge on any atom is 0.241 e. The monoisotopic (exact) mass is 343 g/mol. The van der Waals surface area contributed by atoms with Crippen LogP contribution in [0, 0.1) is 0 Å². The number of piperidine rings is 1. The van der Waals surface area contributed by atoms with Gasteiger partial charge in [-0.15, -0.1) is 0 Å². The van der Waals surface area contributed by atoms with Crippen LogP contribution in [-0.4, -0.2) is 62.9 Å². The SMILES string of the molecule is CC1CCCC(C)N1c1nc(N2CCOCC2)nc(-n2ccnc2)n1. The summed E-state index contributed by atoms with van der Waals surface area (Å²) < 4.78 is 7.31. The van der Waals surface area contributed by atoms with Gasteiger partial charge < -0.3 is 14.5 Å². The van der Waals surface area contributed by atoms with E-state index in [0.29, 0.717) is 31.2 Å². The van der Waals surface area contributed by atoms with Gasteiger partial charge in [0, 0.05) is 37.6 Å². The molecule has 25 heavy (non-hydrogen) atoms. The second kappa shape index (κ2) is 6.95. The van der Waals surface area contributed by atoms with Gasteiger partial charge in [0.15, 0.2) is 0 Å². The van der Waals surface area contributed by atoms with E-state index in [0.717, 1.165) is 25.0 Å². The summed E-state index contributed by atoms with van der Waals surface area (Å²) in [6, 6.07) is 0.860. The molecule has 2 unspecified atom stereocenters. The highest BCUT2D eigenvalue weighted by molar-refractivity contribution is 5.44. The van der Waals surface area contributed by atoms with Crippen LogP contribution in [0.5, 0.6) is 0 Å². The molecular formula is C17H25N7O. The van der Waals surface area contributed by atoms with Gasteiger partial charge in [-0.05, 0) is 33.1 Å². The van der Waals surface area contributed by atoms with Crippen molar-refractivity contribution in [1.82, 2.24) is 24.5 Å². The molecule has 0 amide bonds. The fraction of sp³-hybridized carbons (Fsp3) is 0.647. The highest BCUT2D eigenvalue weighted by atomic mass is 16.5. The average molecular weight is 343 g/mol. The molecule has 2 aliphatic rings. The first-order valence-electron chi connectivity index (χ1n) is 9.08. The van der Waals surface area contributed by atoms with Crippen molar-refractivity contribution < 1.29 is 4.74 Å². The van der Waals surface area contributed by atoms with Gasteiger partial charge in [-0.25, -0.2) is 4.98 Å². The van der Waals surface area contributed by atoms with Crippen molar-refractivity contribution in [2.75, 3.05) is 36.1 Å². The Bertz CT molecular complexity index is 689. The summed E-state index contributed by atoms with van der Waals surface area (Å²) in [6.45, 7) is 7.53. The lowest BCUT2D eigenvalue weighted by molar-refractivity contribution is 0.122. The number of rotatable bonds is 3. The maximum absolute atomic E-state index is 5.47. The van der Waals surface area contributed by atoms with Crippen LogP contribution in [0.3, 0.4) is 0 Å². The van der Waals surface area contributed by atoms with Gasteiger partial charge in [0.2, 0.25) is 17.8 Å². The van der Waals surface area contributed by atoms with E-state index < -0.39 is 0 Å². The molecule has 2 fully saturated rings. The zero-order valence-corrected chi connectivity index (χ0v) is 14.9. The fourth-order valence-electron chi connectivity index (χ4n) is 3.67. The van der Waals surface area contributed by atoms with Gasteiger partial charge in [0.25, 0.3) is 0 Å². The lowest BCUT2D eigenvalue weighted by Gasteiger charge is -2.39. The Hall–Kier alpha value is -2.22. The third-order valence-electron chi connectivity index (χ3n) is 5.05. The normalized spacial score (nSPS) is 24.6. The summed E-state index contributed by atoms with van der Waals surface area (Å²) in [4.78, 5) is 22.9. The summed E-state index contributed by atoms with van der Waals surface area (Å²) >= 11 is 0. The van der Waals surface area contributed by atoms with Crippen LogP contribution in [-0.2, 0) is 4.74 Å². The molecule has 8 nitrogen and oxygen atoms in total. The Morgan fingerprint density at radius 2 is 1.64 bits per heavy atom. The van der Waals surface area contributed by atoms with E-state index in [9.17, 15) is 0 Å². The van der Waals surface area contributed by atoms with Crippen molar-refractivity contribution in [3.63, 3.8) is 0 Å². The molecule has 8 heteroatoms. The molecule has 2 aromatic heterocycles. The predicted octanol–water partition coefficient (Wildman–Crippen LogP) is 1.66. The Morgan fingerprint density at radius 1 is 0.960 bits per heavy atom. The molecule has 0 bridgehead atoms. The van der Waals surface area contributed by atoms with Gasteiger partial charge in [-0.2, -0.15) is 15.0 Å². The lowest BCUT2D eigenvalue weighted by atomic mass is 9.98. The minimum Gasteiger partial charge on any atom is -0.378 e. The van der Waals surface area contributed by atoms with Crippen LogP contribution in [0.4, 0.5) is 11.9 Å². The molecule has 0 spiro atoms. The van der Waals surface area contributed by atoms with E-state index in [2.05, 4.69) is 33.6 Å². The lowest BCUT2D eigenvalue weighted by Crippen LogP contribution is -2.45. The Balaban J connectivity index is 1.75. The van der Waals surface area contributed by atoms with Crippen molar-refractivity contribution in [3.8, 4) is 5.95 Å². The van der Waals surface area contributed by atoms with Gasteiger partial charge >= 0.3 is 0 Å². The van der Waals surface area contributed by atoms with Crippen LogP contribution >= 0.6 is 0 Å². The zero-order chi connectivity index (χ0) is 17.2. The van der Waals surface area contributed by atoms with Crippen molar-refractivity contribution in [2.45, 2.75) is 45.2 Å². The molecule has 2 aliphatic heterocycles. The number of nitrogens with zero attached hydrogens (tertiary/aromatic N) is 7. The third kappa shape index (κ3) is 3.30. The highest BCUT2D eigenvalue weighted by Gasteiger charge is 2.29. The molecule has 134 valence electrons. The maximum atomic E-state index is 5.47. The molecule has 2 saturated heterocycles. The minimum atomic E-state index is 0.430. The predicted molar refractivity (Wildman–Crippen MR) is 95.2 cm³/mol. The first-order valence-corrected chi connectivity index (χ1v) is 9.08. The largest absolute Gasteiger partial charge is 0.378 e.